The van der Waals surface area contributed by atoms with Gasteiger partial charge in [0, 0.05) is 37.0 Å². The van der Waals surface area contributed by atoms with Crippen molar-refractivity contribution < 1.29 is 4.79 Å². The molecule has 0 aliphatic carbocycles. The summed E-state index contributed by atoms with van der Waals surface area (Å²) in [5, 5.41) is 3.97. The molecule has 27 heavy (non-hydrogen) atoms. The maximum Gasteiger partial charge on any atom is 0.254 e. The Labute approximate surface area is 167 Å². The van der Waals surface area contributed by atoms with Gasteiger partial charge in [-0.3, -0.25) is 9.69 Å². The van der Waals surface area contributed by atoms with Gasteiger partial charge < -0.3 is 4.90 Å². The van der Waals surface area contributed by atoms with Crippen molar-refractivity contribution in [2.75, 3.05) is 26.2 Å². The number of likely N-dealkylation sites (tertiary alicyclic amines) is 2. The molecule has 0 N–H and O–H groups in total. The van der Waals surface area contributed by atoms with Gasteiger partial charge in [0.1, 0.15) is 0 Å². The van der Waals surface area contributed by atoms with Gasteiger partial charge in [-0.1, -0.05) is 38.1 Å². The highest BCUT2D eigenvalue weighted by Gasteiger charge is 2.42. The van der Waals surface area contributed by atoms with Crippen molar-refractivity contribution in [2.45, 2.75) is 45.6 Å². The summed E-state index contributed by atoms with van der Waals surface area (Å²) in [7, 11) is 0. The van der Waals surface area contributed by atoms with Gasteiger partial charge in [0.05, 0.1) is 5.56 Å². The maximum absolute atomic E-state index is 12.7. The molecule has 1 aromatic carbocycles. The summed E-state index contributed by atoms with van der Waals surface area (Å²) in [6.45, 7) is 9.63. The lowest BCUT2D eigenvalue weighted by Gasteiger charge is -2.40. The van der Waals surface area contributed by atoms with Gasteiger partial charge in [-0.05, 0) is 54.3 Å². The van der Waals surface area contributed by atoms with Gasteiger partial charge in [-0.25, -0.2) is 0 Å². The molecule has 2 aliphatic heterocycles. The first-order valence-corrected chi connectivity index (χ1v) is 11.1. The third kappa shape index (κ3) is 4.12. The van der Waals surface area contributed by atoms with Crippen LogP contribution in [0.4, 0.5) is 0 Å². The molecule has 0 saturated carbocycles. The molecule has 3 nitrogen and oxygen atoms in total. The van der Waals surface area contributed by atoms with Crippen LogP contribution in [0.1, 0.15) is 60.5 Å². The van der Waals surface area contributed by atoms with E-state index >= 15 is 0 Å². The maximum atomic E-state index is 12.7. The molecule has 2 aliphatic rings. The van der Waals surface area contributed by atoms with Crippen LogP contribution in [0.5, 0.6) is 0 Å². The van der Waals surface area contributed by atoms with Crippen molar-refractivity contribution in [2.24, 2.45) is 5.41 Å². The second-order valence-corrected chi connectivity index (χ2v) is 9.48. The molecule has 4 heteroatoms. The molecule has 3 heterocycles. The first kappa shape index (κ1) is 18.7. The van der Waals surface area contributed by atoms with E-state index in [0.717, 1.165) is 38.2 Å². The zero-order valence-electron chi connectivity index (χ0n) is 16.5. The minimum atomic E-state index is 0.217. The Morgan fingerprint density at radius 2 is 1.93 bits per heavy atom. The number of hydrogen-bond donors (Lipinski definition) is 0. The summed E-state index contributed by atoms with van der Waals surface area (Å²) in [6.07, 6.45) is 3.64. The first-order valence-electron chi connectivity index (χ1n) is 10.2. The van der Waals surface area contributed by atoms with Crippen LogP contribution in [-0.4, -0.2) is 41.9 Å². The summed E-state index contributed by atoms with van der Waals surface area (Å²) < 4.78 is 0. The molecular formula is C23H30N2OS. The Balaban J connectivity index is 1.38. The Kier molecular flexibility index (Phi) is 5.38. The molecule has 1 atom stereocenters. The van der Waals surface area contributed by atoms with Crippen molar-refractivity contribution in [3.8, 4) is 0 Å². The Hall–Kier alpha value is -1.65. The van der Waals surface area contributed by atoms with E-state index in [-0.39, 0.29) is 5.91 Å². The lowest BCUT2D eigenvalue weighted by molar-refractivity contribution is 0.0676. The van der Waals surface area contributed by atoms with Crippen LogP contribution in [0.15, 0.2) is 41.1 Å². The van der Waals surface area contributed by atoms with Crippen LogP contribution in [0.3, 0.4) is 0 Å². The highest BCUT2D eigenvalue weighted by Crippen LogP contribution is 2.40. The fourth-order valence-electron chi connectivity index (χ4n) is 4.72. The van der Waals surface area contributed by atoms with E-state index in [9.17, 15) is 4.79 Å². The Bertz CT molecular complexity index is 768. The summed E-state index contributed by atoms with van der Waals surface area (Å²) >= 11 is 1.60. The minimum Gasteiger partial charge on any atom is -0.338 e. The van der Waals surface area contributed by atoms with Crippen molar-refractivity contribution in [1.29, 1.82) is 0 Å². The molecular weight excluding hydrogens is 352 g/mol. The second kappa shape index (κ2) is 7.76. The normalized spacial score (nSPS) is 23.4. The highest BCUT2D eigenvalue weighted by molar-refractivity contribution is 7.08. The van der Waals surface area contributed by atoms with E-state index in [1.165, 1.54) is 30.5 Å². The molecule has 144 valence electrons. The number of nitrogens with zero attached hydrogens (tertiary/aromatic N) is 2. The number of rotatable bonds is 4. The topological polar surface area (TPSA) is 23.6 Å². The zero-order chi connectivity index (χ0) is 18.9. The van der Waals surface area contributed by atoms with Crippen molar-refractivity contribution in [3.05, 3.63) is 57.8 Å². The highest BCUT2D eigenvalue weighted by atomic mass is 32.1. The van der Waals surface area contributed by atoms with Crippen LogP contribution in [0.2, 0.25) is 0 Å². The molecule has 1 amide bonds. The number of thiophene rings is 1. The molecule has 0 bridgehead atoms. The lowest BCUT2D eigenvalue weighted by Crippen LogP contribution is -2.45. The third-order valence-corrected chi connectivity index (χ3v) is 6.97. The van der Waals surface area contributed by atoms with Crippen LogP contribution in [0.25, 0.3) is 0 Å². The van der Waals surface area contributed by atoms with Crippen molar-refractivity contribution in [3.63, 3.8) is 0 Å². The predicted molar refractivity (Wildman–Crippen MR) is 112 cm³/mol. The van der Waals surface area contributed by atoms with Gasteiger partial charge in [0.15, 0.2) is 0 Å². The summed E-state index contributed by atoms with van der Waals surface area (Å²) in [4.78, 5) is 17.4. The largest absolute Gasteiger partial charge is 0.338 e. The Morgan fingerprint density at radius 1 is 1.11 bits per heavy atom. The van der Waals surface area contributed by atoms with Crippen LogP contribution in [-0.2, 0) is 6.54 Å². The van der Waals surface area contributed by atoms with E-state index in [2.05, 4.69) is 47.9 Å². The monoisotopic (exact) mass is 382 g/mol. The summed E-state index contributed by atoms with van der Waals surface area (Å²) in [5.41, 5.74) is 3.96. The molecule has 4 rings (SSSR count). The summed E-state index contributed by atoms with van der Waals surface area (Å²) in [5.74, 6) is 0.803. The standard InChI is InChI=1S/C23H30N2OS/c1-18(2)20-6-4-19(5-7-20)14-24-11-3-9-23(16-24)10-12-25(17-23)22(26)21-8-13-27-15-21/h4-8,13,15,18H,3,9-12,14,16-17H2,1-2H3. The fraction of sp³-hybridized carbons (Fsp3) is 0.522. The van der Waals surface area contributed by atoms with Gasteiger partial charge >= 0.3 is 0 Å². The summed E-state index contributed by atoms with van der Waals surface area (Å²) in [6, 6.07) is 11.1. The number of benzene rings is 1. The van der Waals surface area contributed by atoms with Crippen LogP contribution in [0, 0.1) is 5.41 Å². The quantitative estimate of drug-likeness (QED) is 0.743. The molecule has 0 radical (unpaired) electrons. The van der Waals surface area contributed by atoms with Gasteiger partial charge in [-0.2, -0.15) is 11.3 Å². The molecule has 1 spiro atoms. The zero-order valence-corrected chi connectivity index (χ0v) is 17.3. The third-order valence-electron chi connectivity index (χ3n) is 6.29. The lowest BCUT2D eigenvalue weighted by atomic mass is 9.79. The number of amides is 1. The molecule has 2 fully saturated rings. The number of carbonyl (C=O) groups is 1. The predicted octanol–water partition coefficient (Wildman–Crippen LogP) is 5.00. The van der Waals surface area contributed by atoms with Crippen molar-refractivity contribution >= 4 is 17.2 Å². The van der Waals surface area contributed by atoms with Crippen LogP contribution >= 0.6 is 11.3 Å². The van der Waals surface area contributed by atoms with E-state index in [0.29, 0.717) is 11.3 Å². The van der Waals surface area contributed by atoms with E-state index < -0.39 is 0 Å². The number of carbonyl (C=O) groups excluding carboxylic acids is 1. The Morgan fingerprint density at radius 3 is 2.63 bits per heavy atom. The van der Waals surface area contributed by atoms with Gasteiger partial charge in [0.2, 0.25) is 0 Å². The molecule has 1 unspecified atom stereocenters. The van der Waals surface area contributed by atoms with Crippen LogP contribution < -0.4 is 0 Å². The van der Waals surface area contributed by atoms with E-state index in [1.54, 1.807) is 11.3 Å². The van der Waals surface area contributed by atoms with E-state index in [4.69, 9.17) is 0 Å². The average Bonchev–Trinajstić information content (AvgIpc) is 3.32. The minimum absolute atomic E-state index is 0.217. The SMILES string of the molecule is CC(C)c1ccc(CN2CCCC3(CCN(C(=O)c4ccsc4)C3)C2)cc1. The number of hydrogen-bond acceptors (Lipinski definition) is 3. The fourth-order valence-corrected chi connectivity index (χ4v) is 5.35. The molecule has 2 saturated heterocycles. The average molecular weight is 383 g/mol. The smallest absolute Gasteiger partial charge is 0.254 e. The van der Waals surface area contributed by atoms with Gasteiger partial charge in [0.25, 0.3) is 5.91 Å². The molecule has 2 aromatic rings. The first-order chi connectivity index (χ1) is 13.0. The van der Waals surface area contributed by atoms with Gasteiger partial charge in [-0.15, -0.1) is 0 Å². The number of piperidine rings is 1. The van der Waals surface area contributed by atoms with Crippen molar-refractivity contribution in [1.82, 2.24) is 9.80 Å². The van der Waals surface area contributed by atoms with E-state index in [1.807, 2.05) is 16.8 Å². The second-order valence-electron chi connectivity index (χ2n) is 8.70. The molecule has 1 aromatic heterocycles.